The van der Waals surface area contributed by atoms with Crippen molar-refractivity contribution in [3.63, 3.8) is 0 Å². The second-order valence-corrected chi connectivity index (χ2v) is 6.52. The van der Waals surface area contributed by atoms with Gasteiger partial charge in [-0.3, -0.25) is 9.69 Å². The van der Waals surface area contributed by atoms with E-state index in [2.05, 4.69) is 0 Å². The highest BCUT2D eigenvalue weighted by molar-refractivity contribution is 6.34. The third kappa shape index (κ3) is 2.85. The maximum absolute atomic E-state index is 14.4. The number of rotatable bonds is 3. The third-order valence-electron chi connectivity index (χ3n) is 4.01. The molecule has 0 N–H and O–H groups in total. The number of esters is 1. The summed E-state index contributed by atoms with van der Waals surface area (Å²) >= 11 is 5.92. The number of anilines is 1. The number of fused-ring (bicyclic) bond motifs is 1. The lowest BCUT2D eigenvalue weighted by Gasteiger charge is -2.18. The molecule has 0 aliphatic carbocycles. The monoisotopic (exact) mass is 370 g/mol. The maximum atomic E-state index is 14.4. The number of hydrogen-bond acceptors (Lipinski definition) is 5. The fourth-order valence-electron chi connectivity index (χ4n) is 2.85. The van der Waals surface area contributed by atoms with Crippen LogP contribution in [-0.2, 0) is 14.3 Å². The molecule has 3 amide bonds. The molecule has 0 unspecified atom stereocenters. The number of carbonyl (C=O) groups excluding carboxylic acids is 3. The third-order valence-corrected chi connectivity index (χ3v) is 4.32. The van der Waals surface area contributed by atoms with Gasteiger partial charge in [-0.15, -0.1) is 0 Å². The molecule has 9 heteroatoms. The Kier molecular flexibility index (Phi) is 4.42. The van der Waals surface area contributed by atoms with E-state index in [4.69, 9.17) is 21.1 Å². The first-order chi connectivity index (χ1) is 11.7. The highest BCUT2D eigenvalue weighted by Crippen LogP contribution is 2.35. The lowest BCUT2D eigenvalue weighted by molar-refractivity contribution is -0.120. The van der Waals surface area contributed by atoms with E-state index in [1.807, 2.05) is 0 Å². The van der Waals surface area contributed by atoms with E-state index in [-0.39, 0.29) is 23.0 Å². The van der Waals surface area contributed by atoms with Crippen LogP contribution in [0.3, 0.4) is 0 Å². The van der Waals surface area contributed by atoms with E-state index < -0.39 is 42.0 Å². The van der Waals surface area contributed by atoms with Crippen LogP contribution in [-0.4, -0.2) is 47.8 Å². The Morgan fingerprint density at radius 1 is 1.40 bits per heavy atom. The van der Waals surface area contributed by atoms with Gasteiger partial charge in [-0.25, -0.2) is 18.9 Å². The van der Waals surface area contributed by atoms with Crippen LogP contribution in [0.15, 0.2) is 12.1 Å². The first-order valence-corrected chi connectivity index (χ1v) is 8.06. The van der Waals surface area contributed by atoms with Crippen molar-refractivity contribution in [2.75, 3.05) is 11.6 Å². The van der Waals surface area contributed by atoms with Gasteiger partial charge in [0.1, 0.15) is 18.6 Å². The quantitative estimate of drug-likeness (QED) is 0.603. The van der Waals surface area contributed by atoms with Gasteiger partial charge in [0.15, 0.2) is 0 Å². The van der Waals surface area contributed by atoms with E-state index in [1.165, 1.54) is 4.90 Å². The molecule has 25 heavy (non-hydrogen) atoms. The van der Waals surface area contributed by atoms with Crippen molar-refractivity contribution < 1.29 is 28.2 Å². The molecule has 1 aromatic carbocycles. The van der Waals surface area contributed by atoms with Crippen LogP contribution in [0.2, 0.25) is 5.02 Å². The van der Waals surface area contributed by atoms with Crippen LogP contribution >= 0.6 is 11.6 Å². The zero-order chi connectivity index (χ0) is 18.5. The van der Waals surface area contributed by atoms with E-state index >= 15 is 0 Å². The van der Waals surface area contributed by atoms with Crippen molar-refractivity contribution in [1.82, 2.24) is 4.90 Å². The second kappa shape index (κ2) is 6.27. The van der Waals surface area contributed by atoms with Gasteiger partial charge in [0.25, 0.3) is 5.91 Å². The largest absolute Gasteiger partial charge is 0.459 e. The standard InChI is InChI=1S/C16H16ClFN2O5/c1-7(2)25-15(22)9-4-12(11(18)5-10(9)17)20-14(21)13-8(3)24-6-19(13)16(20)23/h4-5,7-8,13H,6H2,1-3H3/t8-,13+/m0/s1. The molecule has 7 nitrogen and oxygen atoms in total. The Labute approximate surface area is 148 Å². The van der Waals surface area contributed by atoms with Gasteiger partial charge >= 0.3 is 12.0 Å². The van der Waals surface area contributed by atoms with Crippen molar-refractivity contribution in [2.24, 2.45) is 0 Å². The van der Waals surface area contributed by atoms with Crippen LogP contribution in [0.1, 0.15) is 31.1 Å². The predicted octanol–water partition coefficient (Wildman–Crippen LogP) is 2.56. The zero-order valence-electron chi connectivity index (χ0n) is 13.8. The van der Waals surface area contributed by atoms with Gasteiger partial charge in [0.05, 0.1) is 28.5 Å². The number of benzene rings is 1. The molecule has 0 aromatic heterocycles. The molecule has 0 spiro atoms. The molecule has 134 valence electrons. The first-order valence-electron chi connectivity index (χ1n) is 7.68. The number of urea groups is 1. The van der Waals surface area contributed by atoms with Crippen molar-refractivity contribution in [3.8, 4) is 0 Å². The number of hydrogen-bond donors (Lipinski definition) is 0. The van der Waals surface area contributed by atoms with Crippen LogP contribution < -0.4 is 4.90 Å². The fraction of sp³-hybridized carbons (Fsp3) is 0.438. The van der Waals surface area contributed by atoms with Gasteiger partial charge in [-0.1, -0.05) is 11.6 Å². The minimum Gasteiger partial charge on any atom is -0.459 e. The average molecular weight is 371 g/mol. The lowest BCUT2D eigenvalue weighted by atomic mass is 10.1. The van der Waals surface area contributed by atoms with E-state index in [1.54, 1.807) is 20.8 Å². The topological polar surface area (TPSA) is 76.2 Å². The van der Waals surface area contributed by atoms with Gasteiger partial charge < -0.3 is 9.47 Å². The van der Waals surface area contributed by atoms with Crippen molar-refractivity contribution in [1.29, 1.82) is 0 Å². The molecule has 0 bridgehead atoms. The number of imide groups is 1. The molecular weight excluding hydrogens is 355 g/mol. The summed E-state index contributed by atoms with van der Waals surface area (Å²) in [7, 11) is 0. The van der Waals surface area contributed by atoms with Gasteiger partial charge in [-0.05, 0) is 32.9 Å². The highest BCUT2D eigenvalue weighted by Gasteiger charge is 2.53. The van der Waals surface area contributed by atoms with Crippen molar-refractivity contribution in [2.45, 2.75) is 39.0 Å². The second-order valence-electron chi connectivity index (χ2n) is 6.11. The van der Waals surface area contributed by atoms with Crippen LogP contribution in [0.25, 0.3) is 0 Å². The Morgan fingerprint density at radius 3 is 2.68 bits per heavy atom. The smallest absolute Gasteiger partial charge is 0.339 e. The summed E-state index contributed by atoms with van der Waals surface area (Å²) in [6.45, 7) is 4.91. The van der Waals surface area contributed by atoms with E-state index in [0.717, 1.165) is 12.1 Å². The number of amides is 3. The number of carbonyl (C=O) groups is 3. The van der Waals surface area contributed by atoms with Crippen molar-refractivity contribution in [3.05, 3.63) is 28.5 Å². The zero-order valence-corrected chi connectivity index (χ0v) is 14.5. The van der Waals surface area contributed by atoms with Crippen LogP contribution in [0, 0.1) is 5.82 Å². The van der Waals surface area contributed by atoms with Crippen molar-refractivity contribution >= 4 is 35.2 Å². The number of ether oxygens (including phenoxy) is 2. The number of nitrogens with zero attached hydrogens (tertiary/aromatic N) is 2. The summed E-state index contributed by atoms with van der Waals surface area (Å²) in [5, 5.41) is -0.164. The minimum absolute atomic E-state index is 0.0512. The molecule has 2 aliphatic rings. The normalized spacial score (nSPS) is 22.8. The summed E-state index contributed by atoms with van der Waals surface area (Å²) in [5.74, 6) is -2.26. The summed E-state index contributed by atoms with van der Waals surface area (Å²) in [6, 6.07) is 0.432. The van der Waals surface area contributed by atoms with Crippen LogP contribution in [0.5, 0.6) is 0 Å². The minimum atomic E-state index is -0.887. The lowest BCUT2D eigenvalue weighted by Crippen LogP contribution is -2.36. The summed E-state index contributed by atoms with van der Waals surface area (Å²) < 4.78 is 24.7. The van der Waals surface area contributed by atoms with Gasteiger partial charge in [0, 0.05) is 0 Å². The Bertz CT molecular complexity index is 769. The SMILES string of the molecule is CC(C)OC(=O)c1cc(N2C(=O)[C@H]3[C@H](C)OCN3C2=O)c(F)cc1Cl. The summed E-state index contributed by atoms with van der Waals surface area (Å²) in [5.41, 5.74) is -0.458. The Balaban J connectivity index is 2.01. The average Bonchev–Trinajstić information content (AvgIpc) is 3.00. The van der Waals surface area contributed by atoms with E-state index in [9.17, 15) is 18.8 Å². The molecule has 0 radical (unpaired) electrons. The molecule has 2 heterocycles. The molecule has 1 aromatic rings. The van der Waals surface area contributed by atoms with Gasteiger partial charge in [0.2, 0.25) is 0 Å². The molecule has 2 fully saturated rings. The maximum Gasteiger partial charge on any atom is 0.339 e. The summed E-state index contributed by atoms with van der Waals surface area (Å²) in [4.78, 5) is 39.1. The number of halogens is 2. The molecule has 2 atom stereocenters. The Morgan fingerprint density at radius 2 is 2.08 bits per heavy atom. The molecule has 3 rings (SSSR count). The van der Waals surface area contributed by atoms with E-state index in [0.29, 0.717) is 4.90 Å². The Hall–Kier alpha value is -2.19. The molecule has 2 saturated heterocycles. The molecule has 0 saturated carbocycles. The first kappa shape index (κ1) is 17.6. The summed E-state index contributed by atoms with van der Waals surface area (Å²) in [6.07, 6.45) is -0.905. The fourth-order valence-corrected chi connectivity index (χ4v) is 3.08. The highest BCUT2D eigenvalue weighted by atomic mass is 35.5. The molecular formula is C16H16ClFN2O5. The van der Waals surface area contributed by atoms with Crippen LogP contribution in [0.4, 0.5) is 14.9 Å². The predicted molar refractivity (Wildman–Crippen MR) is 85.9 cm³/mol. The molecule has 2 aliphatic heterocycles. The van der Waals surface area contributed by atoms with Gasteiger partial charge in [-0.2, -0.15) is 0 Å².